The first-order chi connectivity index (χ1) is 12.7. The second kappa shape index (κ2) is 5.10. The molecule has 2 saturated heterocycles. The summed E-state index contributed by atoms with van der Waals surface area (Å²) < 4.78 is 6.15. The summed E-state index contributed by atoms with van der Waals surface area (Å²) in [5.41, 5.74) is 5.53. The summed E-state index contributed by atoms with van der Waals surface area (Å²) in [5, 5.41) is 5.60. The monoisotopic (exact) mass is 367 g/mol. The van der Waals surface area contributed by atoms with Gasteiger partial charge in [0.1, 0.15) is 18.1 Å². The molecule has 0 aromatic carbocycles. The highest BCUT2D eigenvalue weighted by Gasteiger charge is 2.62. The maximum Gasteiger partial charge on any atom is 0.267 e. The van der Waals surface area contributed by atoms with Gasteiger partial charge in [-0.2, -0.15) is 0 Å². The minimum atomic E-state index is -0.524. The van der Waals surface area contributed by atoms with E-state index in [4.69, 9.17) is 15.5 Å². The third-order valence-corrected chi connectivity index (χ3v) is 7.31. The van der Waals surface area contributed by atoms with Gasteiger partial charge in [0.2, 0.25) is 5.88 Å². The molecule has 0 radical (unpaired) electrons. The maximum absolute atomic E-state index is 12.0. The van der Waals surface area contributed by atoms with E-state index in [0.717, 1.165) is 23.0 Å². The van der Waals surface area contributed by atoms with E-state index in [2.05, 4.69) is 42.9 Å². The van der Waals surface area contributed by atoms with Gasteiger partial charge in [0.15, 0.2) is 0 Å². The molecule has 4 atom stereocenters. The molecule has 2 aromatic rings. The Balaban J connectivity index is 1.83. The highest BCUT2D eigenvalue weighted by molar-refractivity contribution is 6.02. The van der Waals surface area contributed by atoms with Crippen LogP contribution in [0, 0.1) is 5.92 Å². The highest BCUT2D eigenvalue weighted by Crippen LogP contribution is 2.51. The molecule has 3 N–H and O–H groups in total. The summed E-state index contributed by atoms with van der Waals surface area (Å²) in [6.07, 6.45) is 2.78. The molecule has 0 spiro atoms. The van der Waals surface area contributed by atoms with Gasteiger partial charge in [-0.15, -0.1) is 0 Å². The predicted octanol–water partition coefficient (Wildman–Crippen LogP) is 1.84. The number of carbonyl (C=O) groups is 1. The number of anilines is 1. The first-order valence-corrected chi connectivity index (χ1v) is 9.53. The van der Waals surface area contributed by atoms with Crippen molar-refractivity contribution in [2.24, 2.45) is 11.7 Å². The molecule has 27 heavy (non-hydrogen) atoms. The number of nitrogens with one attached hydrogen (secondary N) is 1. The van der Waals surface area contributed by atoms with Crippen molar-refractivity contribution in [2.45, 2.75) is 57.3 Å². The normalized spacial score (nSPS) is 33.3. The van der Waals surface area contributed by atoms with Crippen LogP contribution in [0.3, 0.4) is 0 Å². The van der Waals surface area contributed by atoms with Crippen LogP contribution in [0.1, 0.15) is 44.6 Å². The number of fused-ring (bicyclic) bond motifs is 5. The van der Waals surface area contributed by atoms with Crippen molar-refractivity contribution >= 4 is 22.5 Å². The van der Waals surface area contributed by atoms with Crippen molar-refractivity contribution in [1.82, 2.24) is 15.3 Å². The Morgan fingerprint density at radius 3 is 2.93 bits per heavy atom. The highest BCUT2D eigenvalue weighted by atomic mass is 16.5. The summed E-state index contributed by atoms with van der Waals surface area (Å²) in [6.45, 7) is 9.62. The smallest absolute Gasteiger partial charge is 0.267 e. The molecule has 142 valence electrons. The fraction of sp³-hybridized carbons (Fsp3) is 0.550. The third-order valence-electron chi connectivity index (χ3n) is 7.31. The molecule has 4 unspecified atom stereocenters. The van der Waals surface area contributed by atoms with Gasteiger partial charge in [-0.05, 0) is 50.6 Å². The van der Waals surface area contributed by atoms with Crippen LogP contribution in [-0.4, -0.2) is 45.6 Å². The Kier molecular flexibility index (Phi) is 3.16. The number of primary amides is 1. The second-order valence-corrected chi connectivity index (χ2v) is 8.81. The van der Waals surface area contributed by atoms with Crippen LogP contribution < -0.4 is 20.7 Å². The number of aromatic nitrogens is 2. The molecule has 2 bridgehead atoms. The number of pyridine rings is 2. The largest absolute Gasteiger partial charge is 0.475 e. The minimum absolute atomic E-state index is 0.0857. The van der Waals surface area contributed by atoms with Crippen LogP contribution in [0.25, 0.3) is 10.8 Å². The van der Waals surface area contributed by atoms with E-state index in [1.165, 1.54) is 0 Å². The van der Waals surface area contributed by atoms with Crippen molar-refractivity contribution in [2.75, 3.05) is 11.5 Å². The lowest BCUT2D eigenvalue weighted by atomic mass is 9.72. The lowest BCUT2D eigenvalue weighted by molar-refractivity contribution is 0.0995. The number of amides is 1. The quantitative estimate of drug-likeness (QED) is 0.799. The number of hydrogen-bond acceptors (Lipinski definition) is 6. The number of carbonyl (C=O) groups excluding carboxylic acids is 1. The lowest BCUT2D eigenvalue weighted by Crippen LogP contribution is -2.76. The predicted molar refractivity (Wildman–Crippen MR) is 103 cm³/mol. The Morgan fingerprint density at radius 2 is 2.19 bits per heavy atom. The fourth-order valence-electron chi connectivity index (χ4n) is 5.42. The molecule has 0 aliphatic carbocycles. The summed E-state index contributed by atoms with van der Waals surface area (Å²) in [6, 6.07) is 4.01. The Hall–Kier alpha value is -2.41. The van der Waals surface area contributed by atoms with Gasteiger partial charge in [-0.1, -0.05) is 6.92 Å². The molecule has 7 nitrogen and oxygen atoms in total. The average Bonchev–Trinajstić information content (AvgIpc) is 2.79. The minimum Gasteiger partial charge on any atom is -0.475 e. The number of piperazine rings is 1. The van der Waals surface area contributed by atoms with Gasteiger partial charge >= 0.3 is 0 Å². The van der Waals surface area contributed by atoms with Gasteiger partial charge in [-0.25, -0.2) is 9.97 Å². The summed E-state index contributed by atoms with van der Waals surface area (Å²) in [5.74, 6) is 1.31. The van der Waals surface area contributed by atoms with E-state index in [0.29, 0.717) is 24.4 Å². The van der Waals surface area contributed by atoms with E-state index < -0.39 is 5.91 Å². The van der Waals surface area contributed by atoms with Crippen LogP contribution in [-0.2, 0) is 0 Å². The molecular formula is C20H25N5O2. The maximum atomic E-state index is 12.0. The molecule has 7 heteroatoms. The zero-order valence-corrected chi connectivity index (χ0v) is 16.1. The van der Waals surface area contributed by atoms with Crippen molar-refractivity contribution < 1.29 is 9.53 Å². The first-order valence-electron chi connectivity index (χ1n) is 9.53. The Morgan fingerprint density at radius 1 is 1.41 bits per heavy atom. The average molecular weight is 367 g/mol. The van der Waals surface area contributed by atoms with Crippen molar-refractivity contribution in [3.63, 3.8) is 0 Å². The van der Waals surface area contributed by atoms with E-state index in [1.54, 1.807) is 12.3 Å². The Labute approximate surface area is 158 Å². The zero-order valence-electron chi connectivity index (χ0n) is 16.1. The second-order valence-electron chi connectivity index (χ2n) is 8.81. The molecule has 5 heterocycles. The lowest BCUT2D eigenvalue weighted by Gasteiger charge is -2.58. The number of ether oxygens (including phenoxy) is 1. The molecule has 1 amide bonds. The summed E-state index contributed by atoms with van der Waals surface area (Å²) in [4.78, 5) is 23.5. The molecule has 2 aromatic heterocycles. The van der Waals surface area contributed by atoms with E-state index >= 15 is 0 Å². The number of hydrogen-bond donors (Lipinski definition) is 2. The van der Waals surface area contributed by atoms with Crippen LogP contribution >= 0.6 is 0 Å². The zero-order chi connectivity index (χ0) is 19.1. The van der Waals surface area contributed by atoms with Gasteiger partial charge < -0.3 is 20.7 Å². The molecule has 2 fully saturated rings. The SMILES string of the molecule is CC1CC2NC1(C)C(C)(C)N1c3nc(C(N)=O)cc4ccnc(c34)OCC21. The van der Waals surface area contributed by atoms with E-state index in [-0.39, 0.29) is 22.8 Å². The van der Waals surface area contributed by atoms with Gasteiger partial charge in [0.25, 0.3) is 5.91 Å². The van der Waals surface area contributed by atoms with Crippen molar-refractivity contribution in [3.05, 3.63) is 24.0 Å². The number of rotatable bonds is 1. The summed E-state index contributed by atoms with van der Waals surface area (Å²) in [7, 11) is 0. The van der Waals surface area contributed by atoms with E-state index in [9.17, 15) is 4.79 Å². The first kappa shape index (κ1) is 16.7. The Bertz CT molecular complexity index is 974. The molecule has 3 aliphatic heterocycles. The van der Waals surface area contributed by atoms with Crippen molar-refractivity contribution in [1.29, 1.82) is 0 Å². The van der Waals surface area contributed by atoms with Gasteiger partial charge in [0.05, 0.1) is 17.0 Å². The van der Waals surface area contributed by atoms with E-state index in [1.807, 2.05) is 6.07 Å². The molecule has 0 saturated carbocycles. The van der Waals surface area contributed by atoms with Crippen LogP contribution in [0.2, 0.25) is 0 Å². The van der Waals surface area contributed by atoms with Gasteiger partial charge in [-0.3, -0.25) is 4.79 Å². The van der Waals surface area contributed by atoms with Crippen LogP contribution in [0.15, 0.2) is 18.3 Å². The van der Waals surface area contributed by atoms with Crippen molar-refractivity contribution in [3.8, 4) is 5.88 Å². The van der Waals surface area contributed by atoms with Crippen LogP contribution in [0.4, 0.5) is 5.82 Å². The number of nitrogens with two attached hydrogens (primary N) is 1. The molecule has 3 aliphatic rings. The topological polar surface area (TPSA) is 93.4 Å². The van der Waals surface area contributed by atoms with Crippen LogP contribution in [0.5, 0.6) is 5.88 Å². The fourth-order valence-corrected chi connectivity index (χ4v) is 5.42. The standard InChI is InChI=1S/C20H25N5O2/c1-10-7-12-14-9-27-18-15-11(5-6-22-18)8-13(16(21)26)23-17(15)25(14)19(2,3)20(10,4)24-12/h5-6,8,10,12,14,24H,7,9H2,1-4H3,(H2,21,26). The molecule has 5 rings (SSSR count). The third kappa shape index (κ3) is 1.98. The molecular weight excluding hydrogens is 342 g/mol. The number of nitrogens with zero attached hydrogens (tertiary/aromatic N) is 3. The summed E-state index contributed by atoms with van der Waals surface area (Å²) >= 11 is 0. The van der Waals surface area contributed by atoms with Gasteiger partial charge in [0, 0.05) is 17.8 Å².